The van der Waals surface area contributed by atoms with E-state index in [1.165, 1.54) is 4.90 Å². The number of Topliss-reactive ketones (excluding diaryl/α,β-unsaturated/α-hetero) is 2. The van der Waals surface area contributed by atoms with Crippen LogP contribution in [0.4, 0.5) is 0 Å². The van der Waals surface area contributed by atoms with Crippen LogP contribution in [-0.2, 0) is 19.2 Å². The molecule has 0 N–H and O–H groups in total. The Morgan fingerprint density at radius 1 is 1.27 bits per heavy atom. The van der Waals surface area contributed by atoms with Gasteiger partial charge < -0.3 is 9.74 Å². The van der Waals surface area contributed by atoms with Gasteiger partial charge in [0.1, 0.15) is 12.5 Å². The molecule has 0 aromatic heterocycles. The maximum Gasteiger partial charge on any atom is 0.223 e. The van der Waals surface area contributed by atoms with Crippen LogP contribution < -0.4 is 0 Å². The lowest BCUT2D eigenvalue weighted by molar-refractivity contribution is -0.145. The summed E-state index contributed by atoms with van der Waals surface area (Å²) in [5.41, 5.74) is 0.482. The first kappa shape index (κ1) is 18.3. The summed E-state index contributed by atoms with van der Waals surface area (Å²) in [5, 5.41) is 3.95. The Kier molecular flexibility index (Phi) is 7.21. The molecular formula is C16H26N2O4. The van der Waals surface area contributed by atoms with E-state index in [-0.39, 0.29) is 36.5 Å². The molecule has 0 spiro atoms. The Morgan fingerprint density at radius 2 is 1.86 bits per heavy atom. The third kappa shape index (κ3) is 4.93. The summed E-state index contributed by atoms with van der Waals surface area (Å²) >= 11 is 0. The second-order valence-corrected chi connectivity index (χ2v) is 5.96. The molecule has 6 nitrogen and oxygen atoms in total. The van der Waals surface area contributed by atoms with Gasteiger partial charge in [0.05, 0.1) is 18.8 Å². The summed E-state index contributed by atoms with van der Waals surface area (Å²) in [6, 6.07) is 0. The van der Waals surface area contributed by atoms with Crippen LogP contribution in [0.5, 0.6) is 0 Å². The van der Waals surface area contributed by atoms with Gasteiger partial charge in [0, 0.05) is 6.42 Å². The molecule has 0 bridgehead atoms. The van der Waals surface area contributed by atoms with Gasteiger partial charge in [0.15, 0.2) is 11.6 Å². The van der Waals surface area contributed by atoms with Gasteiger partial charge in [0.2, 0.25) is 5.91 Å². The second-order valence-electron chi connectivity index (χ2n) is 5.96. The molecule has 0 aliphatic carbocycles. The molecule has 1 heterocycles. The van der Waals surface area contributed by atoms with Crippen LogP contribution in [-0.4, -0.2) is 47.8 Å². The van der Waals surface area contributed by atoms with Gasteiger partial charge in [-0.15, -0.1) is 0 Å². The second kappa shape index (κ2) is 8.66. The van der Waals surface area contributed by atoms with Crippen LogP contribution in [0.2, 0.25) is 0 Å². The Morgan fingerprint density at radius 3 is 2.32 bits per heavy atom. The van der Waals surface area contributed by atoms with E-state index in [0.717, 1.165) is 6.42 Å². The van der Waals surface area contributed by atoms with Crippen LogP contribution >= 0.6 is 0 Å². The van der Waals surface area contributed by atoms with Crippen molar-refractivity contribution in [1.82, 2.24) is 4.90 Å². The maximum absolute atomic E-state index is 12.3. The third-order valence-corrected chi connectivity index (χ3v) is 3.42. The summed E-state index contributed by atoms with van der Waals surface area (Å²) in [7, 11) is 0. The van der Waals surface area contributed by atoms with E-state index >= 15 is 0 Å². The SMILES string of the molecule is CCCC(=NOCC)C1C(=O)CN(C(=O)CC(C)C)CC1=O. The van der Waals surface area contributed by atoms with E-state index in [2.05, 4.69) is 5.16 Å². The van der Waals surface area contributed by atoms with Gasteiger partial charge in [-0.1, -0.05) is 32.3 Å². The van der Waals surface area contributed by atoms with Crippen molar-refractivity contribution in [2.45, 2.75) is 47.0 Å². The monoisotopic (exact) mass is 310 g/mol. The molecule has 0 radical (unpaired) electrons. The first-order valence-electron chi connectivity index (χ1n) is 7.92. The van der Waals surface area contributed by atoms with Crippen molar-refractivity contribution in [2.75, 3.05) is 19.7 Å². The lowest BCUT2D eigenvalue weighted by Gasteiger charge is -2.30. The minimum Gasteiger partial charge on any atom is -0.396 e. The molecule has 1 aliphatic heterocycles. The molecule has 1 fully saturated rings. The molecule has 1 rings (SSSR count). The van der Waals surface area contributed by atoms with Crippen LogP contribution in [0.15, 0.2) is 5.16 Å². The average Bonchev–Trinajstić information content (AvgIpc) is 2.43. The van der Waals surface area contributed by atoms with Crippen LogP contribution in [0.3, 0.4) is 0 Å². The normalized spacial score (nSPS) is 17.3. The summed E-state index contributed by atoms with van der Waals surface area (Å²) in [6.45, 7) is 7.97. The molecule has 124 valence electrons. The maximum atomic E-state index is 12.3. The first-order valence-corrected chi connectivity index (χ1v) is 7.92. The highest BCUT2D eigenvalue weighted by atomic mass is 16.6. The molecule has 22 heavy (non-hydrogen) atoms. The lowest BCUT2D eigenvalue weighted by atomic mass is 9.87. The average molecular weight is 310 g/mol. The van der Waals surface area contributed by atoms with Crippen molar-refractivity contribution in [3.8, 4) is 0 Å². The molecule has 0 aromatic rings. The molecular weight excluding hydrogens is 284 g/mol. The van der Waals surface area contributed by atoms with Gasteiger partial charge in [-0.3, -0.25) is 14.4 Å². The van der Waals surface area contributed by atoms with Crippen molar-refractivity contribution >= 4 is 23.2 Å². The minimum absolute atomic E-state index is 0.0170. The first-order chi connectivity index (χ1) is 10.4. The predicted molar refractivity (Wildman–Crippen MR) is 83.5 cm³/mol. The van der Waals surface area contributed by atoms with Crippen molar-refractivity contribution < 1.29 is 19.2 Å². The highest BCUT2D eigenvalue weighted by Gasteiger charge is 2.39. The van der Waals surface area contributed by atoms with Crippen molar-refractivity contribution in [3.05, 3.63) is 0 Å². The molecule has 0 saturated carbocycles. The highest BCUT2D eigenvalue weighted by molar-refractivity contribution is 6.23. The standard InChI is InChI=1S/C16H26N2O4/c1-5-7-12(17-22-6-2)16-13(19)9-18(10-14(16)20)15(21)8-11(3)4/h11,16H,5-10H2,1-4H3. The Bertz CT molecular complexity index is 439. The quantitative estimate of drug-likeness (QED) is 0.408. The third-order valence-electron chi connectivity index (χ3n) is 3.42. The fourth-order valence-corrected chi connectivity index (χ4v) is 2.47. The van der Waals surface area contributed by atoms with E-state index in [1.54, 1.807) is 6.92 Å². The Balaban J connectivity index is 2.84. The number of hydrogen-bond acceptors (Lipinski definition) is 5. The lowest BCUT2D eigenvalue weighted by Crippen LogP contribution is -2.52. The molecule has 0 unspecified atom stereocenters. The number of likely N-dealkylation sites (tertiary alicyclic amines) is 1. The Hall–Kier alpha value is -1.72. The Labute approximate surface area is 131 Å². The van der Waals surface area contributed by atoms with Gasteiger partial charge in [-0.25, -0.2) is 0 Å². The smallest absolute Gasteiger partial charge is 0.223 e. The van der Waals surface area contributed by atoms with Gasteiger partial charge >= 0.3 is 0 Å². The van der Waals surface area contributed by atoms with E-state index in [1.807, 2.05) is 20.8 Å². The molecule has 6 heteroatoms. The van der Waals surface area contributed by atoms with Gasteiger partial charge in [-0.05, 0) is 19.3 Å². The molecule has 0 atom stereocenters. The molecule has 0 aromatic carbocycles. The molecule has 1 aliphatic rings. The van der Waals surface area contributed by atoms with Crippen molar-refractivity contribution in [1.29, 1.82) is 0 Å². The number of piperidine rings is 1. The zero-order valence-electron chi connectivity index (χ0n) is 13.9. The number of carbonyl (C=O) groups excluding carboxylic acids is 3. The van der Waals surface area contributed by atoms with Crippen molar-refractivity contribution in [2.24, 2.45) is 17.0 Å². The van der Waals surface area contributed by atoms with Crippen LogP contribution in [0, 0.1) is 11.8 Å². The number of oxime groups is 1. The fraction of sp³-hybridized carbons (Fsp3) is 0.750. The summed E-state index contributed by atoms with van der Waals surface area (Å²) in [6.07, 6.45) is 1.67. The van der Waals surface area contributed by atoms with E-state index in [9.17, 15) is 14.4 Å². The number of hydrogen-bond donors (Lipinski definition) is 0. The number of rotatable bonds is 7. The van der Waals surface area contributed by atoms with Crippen LogP contribution in [0.25, 0.3) is 0 Å². The number of carbonyl (C=O) groups is 3. The van der Waals surface area contributed by atoms with E-state index in [4.69, 9.17) is 4.84 Å². The van der Waals surface area contributed by atoms with Crippen LogP contribution in [0.1, 0.15) is 47.0 Å². The summed E-state index contributed by atoms with van der Waals surface area (Å²) < 4.78 is 0. The predicted octanol–water partition coefficient (Wildman–Crippen LogP) is 1.82. The van der Waals surface area contributed by atoms with Crippen molar-refractivity contribution in [3.63, 3.8) is 0 Å². The fourth-order valence-electron chi connectivity index (χ4n) is 2.47. The summed E-state index contributed by atoms with van der Waals surface area (Å²) in [5.74, 6) is -1.32. The highest BCUT2D eigenvalue weighted by Crippen LogP contribution is 2.18. The molecule has 1 amide bonds. The number of nitrogens with zero attached hydrogens (tertiary/aromatic N) is 2. The summed E-state index contributed by atoms with van der Waals surface area (Å²) in [4.78, 5) is 43.1. The zero-order chi connectivity index (χ0) is 16.7. The van der Waals surface area contributed by atoms with Gasteiger partial charge in [-0.2, -0.15) is 0 Å². The molecule has 1 saturated heterocycles. The number of amides is 1. The zero-order valence-corrected chi connectivity index (χ0v) is 13.9. The largest absolute Gasteiger partial charge is 0.396 e. The minimum atomic E-state index is -0.852. The van der Waals surface area contributed by atoms with E-state index in [0.29, 0.717) is 25.2 Å². The van der Waals surface area contributed by atoms with E-state index < -0.39 is 5.92 Å². The number of ketones is 2. The topological polar surface area (TPSA) is 76.0 Å². The van der Waals surface area contributed by atoms with Gasteiger partial charge in [0.25, 0.3) is 0 Å².